The fourth-order valence-corrected chi connectivity index (χ4v) is 4.87. The molecule has 3 aromatic rings. The van der Waals surface area contributed by atoms with Crippen molar-refractivity contribution < 1.29 is 19.3 Å². The maximum absolute atomic E-state index is 10.4. The smallest absolute Gasteiger partial charge is 0.191 e. The monoisotopic (exact) mass is 517 g/mol. The molecular formula is C31H39N3O4. The normalized spacial score (nSPS) is 16.3. The SMILES string of the molecule is Cc1c(C)c2c(c(C)c1O)CCC(C)(CCOc1ccc(CCCOc3cccc(N=C(N)N)c3)cc1)O2. The van der Waals surface area contributed by atoms with E-state index in [4.69, 9.17) is 25.7 Å². The molecule has 0 aliphatic carbocycles. The van der Waals surface area contributed by atoms with Gasteiger partial charge in [-0.05, 0) is 99.9 Å². The zero-order valence-electron chi connectivity index (χ0n) is 22.8. The van der Waals surface area contributed by atoms with Crippen LogP contribution < -0.4 is 25.7 Å². The zero-order valence-corrected chi connectivity index (χ0v) is 22.8. The maximum atomic E-state index is 10.4. The van der Waals surface area contributed by atoms with Crippen molar-refractivity contribution in [1.82, 2.24) is 0 Å². The Morgan fingerprint density at radius 2 is 1.71 bits per heavy atom. The second kappa shape index (κ2) is 11.7. The van der Waals surface area contributed by atoms with Gasteiger partial charge in [-0.25, -0.2) is 4.99 Å². The van der Waals surface area contributed by atoms with E-state index >= 15 is 0 Å². The summed E-state index contributed by atoms with van der Waals surface area (Å²) in [4.78, 5) is 4.04. The molecule has 3 aromatic carbocycles. The molecule has 1 aliphatic heterocycles. The van der Waals surface area contributed by atoms with E-state index in [0.717, 1.165) is 71.6 Å². The highest BCUT2D eigenvalue weighted by Crippen LogP contribution is 2.44. The van der Waals surface area contributed by atoms with Crippen LogP contribution in [0.4, 0.5) is 5.69 Å². The molecular weight excluding hydrogens is 478 g/mol. The van der Waals surface area contributed by atoms with Crippen LogP contribution in [-0.2, 0) is 12.8 Å². The van der Waals surface area contributed by atoms with Gasteiger partial charge in [-0.15, -0.1) is 0 Å². The molecule has 1 atom stereocenters. The second-order valence-electron chi connectivity index (χ2n) is 10.3. The van der Waals surface area contributed by atoms with Gasteiger partial charge in [-0.3, -0.25) is 0 Å². The number of hydrogen-bond acceptors (Lipinski definition) is 5. The molecule has 5 N–H and O–H groups in total. The van der Waals surface area contributed by atoms with Crippen LogP contribution in [0.3, 0.4) is 0 Å². The third-order valence-corrected chi connectivity index (χ3v) is 7.37. The molecule has 0 amide bonds. The first kappa shape index (κ1) is 27.2. The number of phenols is 1. The summed E-state index contributed by atoms with van der Waals surface area (Å²) >= 11 is 0. The molecule has 0 saturated heterocycles. The van der Waals surface area contributed by atoms with Crippen molar-refractivity contribution in [3.05, 3.63) is 76.3 Å². The van der Waals surface area contributed by atoms with Gasteiger partial charge in [0.25, 0.3) is 0 Å². The van der Waals surface area contributed by atoms with Crippen molar-refractivity contribution >= 4 is 11.6 Å². The third kappa shape index (κ3) is 6.52. The van der Waals surface area contributed by atoms with Gasteiger partial charge in [-0.1, -0.05) is 18.2 Å². The topological polar surface area (TPSA) is 112 Å². The Morgan fingerprint density at radius 1 is 0.974 bits per heavy atom. The van der Waals surface area contributed by atoms with Crippen LogP contribution >= 0.6 is 0 Å². The van der Waals surface area contributed by atoms with E-state index in [9.17, 15) is 5.11 Å². The third-order valence-electron chi connectivity index (χ3n) is 7.37. The number of benzene rings is 3. The molecule has 7 heteroatoms. The second-order valence-corrected chi connectivity index (χ2v) is 10.3. The van der Waals surface area contributed by atoms with Gasteiger partial charge in [0.1, 0.15) is 28.6 Å². The summed E-state index contributed by atoms with van der Waals surface area (Å²) in [6, 6.07) is 15.6. The fourth-order valence-electron chi connectivity index (χ4n) is 4.87. The predicted octanol–water partition coefficient (Wildman–Crippen LogP) is 5.79. The number of rotatable bonds is 10. The van der Waals surface area contributed by atoms with E-state index in [1.807, 2.05) is 57.2 Å². The summed E-state index contributed by atoms with van der Waals surface area (Å²) in [5, 5.41) is 10.4. The van der Waals surface area contributed by atoms with E-state index in [-0.39, 0.29) is 11.6 Å². The summed E-state index contributed by atoms with van der Waals surface area (Å²) < 4.78 is 18.4. The summed E-state index contributed by atoms with van der Waals surface area (Å²) in [6.45, 7) is 9.27. The average molecular weight is 518 g/mol. The Bertz CT molecular complexity index is 1300. The lowest BCUT2D eigenvalue weighted by atomic mass is 9.86. The number of fused-ring (bicyclic) bond motifs is 1. The maximum Gasteiger partial charge on any atom is 0.191 e. The molecule has 4 rings (SSSR count). The first-order chi connectivity index (χ1) is 18.1. The van der Waals surface area contributed by atoms with Crippen molar-refractivity contribution in [3.8, 4) is 23.0 Å². The molecule has 1 unspecified atom stereocenters. The largest absolute Gasteiger partial charge is 0.507 e. The number of aromatic hydroxyl groups is 1. The number of hydrogen-bond donors (Lipinski definition) is 3. The number of ether oxygens (including phenoxy) is 3. The zero-order chi connectivity index (χ0) is 27.3. The minimum atomic E-state index is -0.295. The van der Waals surface area contributed by atoms with Crippen molar-refractivity contribution in [2.75, 3.05) is 13.2 Å². The minimum Gasteiger partial charge on any atom is -0.507 e. The standard InChI is InChI=1S/C31H39N3O4/c1-20-21(2)29-27(22(3)28(20)35)14-15-31(4,38-29)16-18-37-25-12-10-23(11-13-25)7-6-17-36-26-9-5-8-24(19-26)34-30(32)33/h5,8-13,19,35H,6-7,14-18H2,1-4H3,(H4,32,33,34). The van der Waals surface area contributed by atoms with Crippen molar-refractivity contribution in [2.24, 2.45) is 16.5 Å². The summed E-state index contributed by atoms with van der Waals surface area (Å²) in [7, 11) is 0. The molecule has 0 radical (unpaired) electrons. The van der Waals surface area contributed by atoms with Gasteiger partial charge in [0.2, 0.25) is 0 Å². The fraction of sp³-hybridized carbons (Fsp3) is 0.387. The van der Waals surface area contributed by atoms with Crippen LogP contribution in [-0.4, -0.2) is 29.9 Å². The molecule has 1 heterocycles. The van der Waals surface area contributed by atoms with E-state index in [0.29, 0.717) is 24.7 Å². The number of phenolic OH excluding ortho intramolecular Hbond substituents is 1. The number of nitrogens with zero attached hydrogens (tertiary/aromatic N) is 1. The van der Waals surface area contributed by atoms with Crippen LogP contribution in [0.1, 0.15) is 54.0 Å². The average Bonchev–Trinajstić information content (AvgIpc) is 2.89. The Balaban J connectivity index is 1.22. The lowest BCUT2D eigenvalue weighted by molar-refractivity contribution is 0.0411. The van der Waals surface area contributed by atoms with E-state index in [1.54, 1.807) is 0 Å². The molecule has 0 fully saturated rings. The molecule has 202 valence electrons. The van der Waals surface area contributed by atoms with Crippen molar-refractivity contribution in [1.29, 1.82) is 0 Å². The number of aryl methyl sites for hydroxylation is 1. The molecule has 0 bridgehead atoms. The van der Waals surface area contributed by atoms with Gasteiger partial charge in [0.05, 0.1) is 18.9 Å². The highest BCUT2D eigenvalue weighted by Gasteiger charge is 2.34. The van der Waals surface area contributed by atoms with Crippen LogP contribution in [0.5, 0.6) is 23.0 Å². The summed E-state index contributed by atoms with van der Waals surface area (Å²) in [5.74, 6) is 2.95. The van der Waals surface area contributed by atoms with E-state index in [2.05, 4.69) is 24.0 Å². The summed E-state index contributed by atoms with van der Waals surface area (Å²) in [6.07, 6.45) is 4.37. The summed E-state index contributed by atoms with van der Waals surface area (Å²) in [5.41, 5.74) is 16.5. The first-order valence-electron chi connectivity index (χ1n) is 13.2. The minimum absolute atomic E-state index is 0.0268. The van der Waals surface area contributed by atoms with Gasteiger partial charge >= 0.3 is 0 Å². The lowest BCUT2D eigenvalue weighted by Gasteiger charge is -2.38. The van der Waals surface area contributed by atoms with Gasteiger partial charge < -0.3 is 30.8 Å². The molecule has 38 heavy (non-hydrogen) atoms. The van der Waals surface area contributed by atoms with Crippen LogP contribution in [0.2, 0.25) is 0 Å². The van der Waals surface area contributed by atoms with E-state index < -0.39 is 0 Å². The van der Waals surface area contributed by atoms with Gasteiger partial charge in [0.15, 0.2) is 5.96 Å². The highest BCUT2D eigenvalue weighted by atomic mass is 16.5. The highest BCUT2D eigenvalue weighted by molar-refractivity contribution is 5.79. The van der Waals surface area contributed by atoms with Crippen molar-refractivity contribution in [2.45, 2.75) is 65.4 Å². The van der Waals surface area contributed by atoms with Crippen molar-refractivity contribution in [3.63, 3.8) is 0 Å². The molecule has 0 saturated carbocycles. The Labute approximate surface area is 225 Å². The molecule has 0 aromatic heterocycles. The molecule has 0 spiro atoms. The molecule has 1 aliphatic rings. The Hall–Kier alpha value is -3.87. The number of nitrogens with two attached hydrogens (primary N) is 2. The van der Waals surface area contributed by atoms with Gasteiger partial charge in [-0.2, -0.15) is 0 Å². The van der Waals surface area contributed by atoms with Gasteiger partial charge in [0, 0.05) is 18.1 Å². The Morgan fingerprint density at radius 3 is 2.45 bits per heavy atom. The number of aliphatic imine (C=N–C) groups is 1. The van der Waals surface area contributed by atoms with Crippen LogP contribution in [0.15, 0.2) is 53.5 Å². The quantitative estimate of drug-likeness (QED) is 0.178. The molecule has 7 nitrogen and oxygen atoms in total. The Kier molecular flexibility index (Phi) is 8.35. The first-order valence-corrected chi connectivity index (χ1v) is 13.2. The van der Waals surface area contributed by atoms with Crippen LogP contribution in [0, 0.1) is 20.8 Å². The predicted molar refractivity (Wildman–Crippen MR) is 152 cm³/mol. The lowest BCUT2D eigenvalue weighted by Crippen LogP contribution is -2.38. The number of guanidine groups is 1. The van der Waals surface area contributed by atoms with E-state index in [1.165, 1.54) is 5.56 Å². The van der Waals surface area contributed by atoms with Crippen LogP contribution in [0.25, 0.3) is 0 Å².